The van der Waals surface area contributed by atoms with Gasteiger partial charge in [-0.25, -0.2) is 4.79 Å². The molecule has 12 heteroatoms. The van der Waals surface area contributed by atoms with Crippen molar-refractivity contribution in [3.63, 3.8) is 0 Å². The maximum absolute atomic E-state index is 12.7. The van der Waals surface area contributed by atoms with Crippen LogP contribution in [0.1, 0.15) is 10.4 Å². The molecular formula is C20H13F3N6O3. The summed E-state index contributed by atoms with van der Waals surface area (Å²) < 4.78 is 38.3. The van der Waals surface area contributed by atoms with Crippen LogP contribution in [0.3, 0.4) is 0 Å². The van der Waals surface area contributed by atoms with Gasteiger partial charge in [-0.3, -0.25) is 10.1 Å². The molecule has 0 spiro atoms. The highest BCUT2D eigenvalue weighted by molar-refractivity contribution is 6.13. The molecule has 162 valence electrons. The number of nitrogens with zero attached hydrogens (tertiary/aromatic N) is 4. The number of nitrogens with two attached hydrogens (primary N) is 1. The third kappa shape index (κ3) is 3.93. The van der Waals surface area contributed by atoms with Gasteiger partial charge in [0.25, 0.3) is 5.91 Å². The van der Waals surface area contributed by atoms with E-state index in [1.165, 1.54) is 6.20 Å². The van der Waals surface area contributed by atoms with Crippen molar-refractivity contribution in [2.45, 2.75) is 6.18 Å². The molecule has 4 rings (SSSR count). The van der Waals surface area contributed by atoms with Gasteiger partial charge in [0.1, 0.15) is 0 Å². The number of oxime groups is 1. The molecule has 2 heterocycles. The van der Waals surface area contributed by atoms with Crippen LogP contribution >= 0.6 is 0 Å². The van der Waals surface area contributed by atoms with E-state index in [1.807, 2.05) is 18.2 Å². The SMILES string of the molecule is NC(=NOC(=O)C(F)(F)F)NC(=O)c1cn(-c2cnnc3ccccc23)c2ccccc12. The van der Waals surface area contributed by atoms with E-state index >= 15 is 0 Å². The average Bonchev–Trinajstić information content (AvgIpc) is 3.16. The Morgan fingerprint density at radius 3 is 2.50 bits per heavy atom. The minimum absolute atomic E-state index is 0.154. The number of hydrogen-bond acceptors (Lipinski definition) is 6. The third-order valence-electron chi connectivity index (χ3n) is 4.44. The number of carbonyl (C=O) groups excluding carboxylic acids is 2. The largest absolute Gasteiger partial charge is 0.493 e. The fraction of sp³-hybridized carbons (Fsp3) is 0.0500. The zero-order chi connectivity index (χ0) is 22.9. The van der Waals surface area contributed by atoms with Gasteiger partial charge in [-0.1, -0.05) is 36.4 Å². The van der Waals surface area contributed by atoms with Crippen LogP contribution in [0.2, 0.25) is 0 Å². The first-order chi connectivity index (χ1) is 15.3. The fourth-order valence-electron chi connectivity index (χ4n) is 3.09. The maximum atomic E-state index is 12.7. The van der Waals surface area contributed by atoms with Crippen molar-refractivity contribution >= 4 is 39.6 Å². The second kappa shape index (κ2) is 7.98. The molecule has 0 aliphatic heterocycles. The minimum atomic E-state index is -5.25. The lowest BCUT2D eigenvalue weighted by atomic mass is 10.1. The molecule has 9 nitrogen and oxygen atoms in total. The Morgan fingerprint density at radius 2 is 1.75 bits per heavy atom. The van der Waals surface area contributed by atoms with Crippen LogP contribution in [0.15, 0.2) is 66.1 Å². The summed E-state index contributed by atoms with van der Waals surface area (Å²) in [5.41, 5.74) is 7.51. The Bertz CT molecular complexity index is 1370. The van der Waals surface area contributed by atoms with Gasteiger partial charge in [-0.15, -0.1) is 0 Å². The standard InChI is InChI=1S/C20H13F3N6O3/c21-20(22,23)18(31)32-28-19(24)26-17(30)13-10-29(15-8-4-2-5-11(13)15)16-9-25-27-14-7-3-1-6-12(14)16/h1-10H,(H3,24,26,28,30). The molecule has 3 N–H and O–H groups in total. The number of halogens is 3. The smallest absolute Gasteiger partial charge is 0.367 e. The van der Waals surface area contributed by atoms with Gasteiger partial charge in [0.05, 0.1) is 28.5 Å². The van der Waals surface area contributed by atoms with Gasteiger partial charge in [0.2, 0.25) is 5.96 Å². The van der Waals surface area contributed by atoms with Crippen molar-refractivity contribution in [3.05, 3.63) is 66.5 Å². The number of alkyl halides is 3. The molecule has 0 saturated carbocycles. The van der Waals surface area contributed by atoms with E-state index < -0.39 is 24.0 Å². The second-order valence-corrected chi connectivity index (χ2v) is 6.48. The first kappa shape index (κ1) is 20.8. The van der Waals surface area contributed by atoms with Gasteiger partial charge >= 0.3 is 12.1 Å². The van der Waals surface area contributed by atoms with Gasteiger partial charge in [0.15, 0.2) is 0 Å². The van der Waals surface area contributed by atoms with Crippen molar-refractivity contribution in [2.75, 3.05) is 0 Å². The van der Waals surface area contributed by atoms with Gasteiger partial charge in [0, 0.05) is 17.0 Å². The molecule has 0 fully saturated rings. The summed E-state index contributed by atoms with van der Waals surface area (Å²) in [6.45, 7) is 0. The predicted molar refractivity (Wildman–Crippen MR) is 108 cm³/mol. The van der Waals surface area contributed by atoms with E-state index in [9.17, 15) is 22.8 Å². The number of amides is 1. The molecule has 0 unspecified atom stereocenters. The molecule has 1 amide bonds. The lowest BCUT2D eigenvalue weighted by molar-refractivity contribution is -0.199. The number of aromatic nitrogens is 3. The van der Waals surface area contributed by atoms with E-state index in [-0.39, 0.29) is 5.56 Å². The normalized spacial score (nSPS) is 12.2. The highest BCUT2D eigenvalue weighted by Gasteiger charge is 2.41. The van der Waals surface area contributed by atoms with E-state index in [0.717, 1.165) is 5.39 Å². The molecule has 0 bridgehead atoms. The Labute approximate surface area is 177 Å². The highest BCUT2D eigenvalue weighted by Crippen LogP contribution is 2.28. The predicted octanol–water partition coefficient (Wildman–Crippen LogP) is 2.64. The lowest BCUT2D eigenvalue weighted by Gasteiger charge is -2.07. The van der Waals surface area contributed by atoms with Crippen molar-refractivity contribution < 1.29 is 27.6 Å². The van der Waals surface area contributed by atoms with Crippen LogP contribution in [0.25, 0.3) is 27.5 Å². The number of hydrogen-bond donors (Lipinski definition) is 2. The fourth-order valence-corrected chi connectivity index (χ4v) is 3.09. The quantitative estimate of drug-likeness (QED) is 0.218. The number of nitrogens with one attached hydrogen (secondary N) is 1. The van der Waals surface area contributed by atoms with E-state index in [4.69, 9.17) is 5.73 Å². The van der Waals surface area contributed by atoms with Gasteiger partial charge in [-0.2, -0.15) is 23.4 Å². The first-order valence-corrected chi connectivity index (χ1v) is 8.99. The first-order valence-electron chi connectivity index (χ1n) is 8.99. The Balaban J connectivity index is 1.70. The molecule has 0 saturated heterocycles. The van der Waals surface area contributed by atoms with Crippen molar-refractivity contribution in [1.82, 2.24) is 20.1 Å². The summed E-state index contributed by atoms with van der Waals surface area (Å²) in [4.78, 5) is 27.2. The number of rotatable bonds is 3. The molecule has 2 aromatic heterocycles. The van der Waals surface area contributed by atoms with Crippen molar-refractivity contribution in [2.24, 2.45) is 10.9 Å². The summed E-state index contributed by atoms with van der Waals surface area (Å²) >= 11 is 0. The highest BCUT2D eigenvalue weighted by atomic mass is 19.4. The number of para-hydroxylation sites is 1. The Morgan fingerprint density at radius 1 is 1.06 bits per heavy atom. The van der Waals surface area contributed by atoms with Crippen LogP contribution in [-0.4, -0.2) is 38.8 Å². The molecule has 0 radical (unpaired) electrons. The molecule has 4 aromatic rings. The summed E-state index contributed by atoms with van der Waals surface area (Å²) in [5.74, 6) is -4.15. The van der Waals surface area contributed by atoms with Crippen LogP contribution < -0.4 is 11.1 Å². The topological polar surface area (TPSA) is 124 Å². The molecule has 0 aliphatic rings. The molecular weight excluding hydrogens is 429 g/mol. The number of carbonyl (C=O) groups is 2. The van der Waals surface area contributed by atoms with Crippen LogP contribution in [0.5, 0.6) is 0 Å². The van der Waals surface area contributed by atoms with E-state index in [1.54, 1.807) is 41.1 Å². The summed E-state index contributed by atoms with van der Waals surface area (Å²) in [6, 6.07) is 14.3. The zero-order valence-corrected chi connectivity index (χ0v) is 16.0. The number of benzene rings is 2. The number of fused-ring (bicyclic) bond motifs is 2. The zero-order valence-electron chi connectivity index (χ0n) is 16.0. The van der Waals surface area contributed by atoms with Crippen LogP contribution in [0.4, 0.5) is 13.2 Å². The summed E-state index contributed by atoms with van der Waals surface area (Å²) in [7, 11) is 0. The number of guanidine groups is 1. The maximum Gasteiger partial charge on any atom is 0.493 e. The average molecular weight is 442 g/mol. The summed E-state index contributed by atoms with van der Waals surface area (Å²) in [5, 5.41) is 14.3. The Hall–Kier alpha value is -4.48. The molecule has 32 heavy (non-hydrogen) atoms. The molecule has 2 aromatic carbocycles. The summed E-state index contributed by atoms with van der Waals surface area (Å²) in [6.07, 6.45) is -2.18. The molecule has 0 atom stereocenters. The molecule has 0 aliphatic carbocycles. The third-order valence-corrected chi connectivity index (χ3v) is 4.44. The van der Waals surface area contributed by atoms with Crippen LogP contribution in [0, 0.1) is 0 Å². The monoisotopic (exact) mass is 442 g/mol. The van der Waals surface area contributed by atoms with Crippen LogP contribution in [-0.2, 0) is 9.63 Å². The van der Waals surface area contributed by atoms with E-state index in [2.05, 4.69) is 25.5 Å². The lowest BCUT2D eigenvalue weighted by Crippen LogP contribution is -2.37. The minimum Gasteiger partial charge on any atom is -0.367 e. The van der Waals surface area contributed by atoms with Gasteiger partial charge in [-0.05, 0) is 17.3 Å². The van der Waals surface area contributed by atoms with E-state index in [0.29, 0.717) is 22.1 Å². The van der Waals surface area contributed by atoms with Crippen molar-refractivity contribution in [3.8, 4) is 5.69 Å². The Kier molecular flexibility index (Phi) is 5.18. The second-order valence-electron chi connectivity index (χ2n) is 6.48. The van der Waals surface area contributed by atoms with Crippen molar-refractivity contribution in [1.29, 1.82) is 0 Å². The van der Waals surface area contributed by atoms with Gasteiger partial charge < -0.3 is 15.1 Å².